The first-order valence-corrected chi connectivity index (χ1v) is 8.28. The van der Waals surface area contributed by atoms with Crippen molar-refractivity contribution in [2.24, 2.45) is 5.41 Å². The Labute approximate surface area is 141 Å². The van der Waals surface area contributed by atoms with Crippen molar-refractivity contribution >= 4 is 29.2 Å². The van der Waals surface area contributed by atoms with Gasteiger partial charge in [-0.3, -0.25) is 14.4 Å². The Balaban J connectivity index is 1.97. The van der Waals surface area contributed by atoms with Gasteiger partial charge in [0.2, 0.25) is 11.8 Å². The van der Waals surface area contributed by atoms with Crippen LogP contribution in [0.3, 0.4) is 0 Å². The van der Waals surface area contributed by atoms with E-state index in [0.717, 1.165) is 32.1 Å². The predicted octanol–water partition coefficient (Wildman–Crippen LogP) is 3.40. The van der Waals surface area contributed by atoms with Crippen molar-refractivity contribution in [1.29, 1.82) is 0 Å². The van der Waals surface area contributed by atoms with Gasteiger partial charge < -0.3 is 15.7 Å². The number of carbonyl (C=O) groups excluding carboxylic acids is 2. The fourth-order valence-electron chi connectivity index (χ4n) is 3.42. The average molecular weight is 332 g/mol. The minimum Gasteiger partial charge on any atom is -0.481 e. The molecule has 1 aliphatic carbocycles. The second-order valence-corrected chi connectivity index (χ2v) is 6.61. The molecule has 2 amide bonds. The molecule has 1 aliphatic rings. The quantitative estimate of drug-likeness (QED) is 0.744. The molecule has 24 heavy (non-hydrogen) atoms. The Kier molecular flexibility index (Phi) is 5.95. The lowest BCUT2D eigenvalue weighted by molar-refractivity contribution is -0.141. The first-order valence-electron chi connectivity index (χ1n) is 8.28. The predicted molar refractivity (Wildman–Crippen MR) is 91.8 cm³/mol. The van der Waals surface area contributed by atoms with Crippen molar-refractivity contribution in [2.75, 3.05) is 10.6 Å². The third-order valence-electron chi connectivity index (χ3n) is 4.47. The molecule has 0 bridgehead atoms. The van der Waals surface area contributed by atoms with E-state index in [4.69, 9.17) is 5.11 Å². The lowest BCUT2D eigenvalue weighted by Crippen LogP contribution is -2.32. The number of carboxylic acids is 1. The van der Waals surface area contributed by atoms with Crippen LogP contribution in [0.4, 0.5) is 11.4 Å². The lowest BCUT2D eigenvalue weighted by atomic mass is 9.69. The number of hydrogen-bond acceptors (Lipinski definition) is 3. The number of hydrogen-bond donors (Lipinski definition) is 3. The topological polar surface area (TPSA) is 95.5 Å². The molecule has 0 aliphatic heterocycles. The van der Waals surface area contributed by atoms with Crippen LogP contribution < -0.4 is 10.6 Å². The van der Waals surface area contributed by atoms with Crippen molar-refractivity contribution in [3.05, 3.63) is 24.3 Å². The van der Waals surface area contributed by atoms with Crippen molar-refractivity contribution in [1.82, 2.24) is 0 Å². The van der Waals surface area contributed by atoms with Crippen LogP contribution in [-0.2, 0) is 14.4 Å². The maximum atomic E-state index is 12.4. The molecule has 0 heterocycles. The first-order chi connectivity index (χ1) is 11.4. The summed E-state index contributed by atoms with van der Waals surface area (Å²) in [4.78, 5) is 34.5. The number of rotatable bonds is 6. The third-order valence-corrected chi connectivity index (χ3v) is 4.47. The fraction of sp³-hybridized carbons (Fsp3) is 0.500. The highest BCUT2D eigenvalue weighted by atomic mass is 16.4. The van der Waals surface area contributed by atoms with Crippen LogP contribution in [0, 0.1) is 5.41 Å². The number of carbonyl (C=O) groups is 3. The highest BCUT2D eigenvalue weighted by Crippen LogP contribution is 2.42. The number of aliphatic carboxylic acids is 1. The maximum absolute atomic E-state index is 12.4. The van der Waals surface area contributed by atoms with Gasteiger partial charge in [0.15, 0.2) is 0 Å². The van der Waals surface area contributed by atoms with Gasteiger partial charge in [0.25, 0.3) is 0 Å². The van der Waals surface area contributed by atoms with E-state index in [1.807, 2.05) is 0 Å². The summed E-state index contributed by atoms with van der Waals surface area (Å²) in [5.74, 6) is -1.16. The van der Waals surface area contributed by atoms with Crippen LogP contribution in [0.15, 0.2) is 24.3 Å². The second kappa shape index (κ2) is 7.95. The monoisotopic (exact) mass is 332 g/mol. The molecule has 0 spiro atoms. The van der Waals surface area contributed by atoms with Crippen molar-refractivity contribution < 1.29 is 19.5 Å². The van der Waals surface area contributed by atoms with Gasteiger partial charge in [-0.1, -0.05) is 19.3 Å². The summed E-state index contributed by atoms with van der Waals surface area (Å²) in [6, 6.07) is 6.86. The Morgan fingerprint density at radius 2 is 1.50 bits per heavy atom. The van der Waals surface area contributed by atoms with Gasteiger partial charge in [-0.2, -0.15) is 0 Å². The summed E-state index contributed by atoms with van der Waals surface area (Å²) in [5, 5.41) is 14.7. The third kappa shape index (κ3) is 5.37. The molecule has 1 saturated carbocycles. The molecule has 6 nitrogen and oxygen atoms in total. The highest BCUT2D eigenvalue weighted by molar-refractivity contribution is 5.92. The summed E-state index contributed by atoms with van der Waals surface area (Å²) in [6.45, 7) is 1.43. The smallest absolute Gasteiger partial charge is 0.303 e. The number of nitrogens with one attached hydrogen (secondary N) is 2. The van der Waals surface area contributed by atoms with E-state index in [1.165, 1.54) is 6.92 Å². The van der Waals surface area contributed by atoms with E-state index in [2.05, 4.69) is 10.6 Å². The average Bonchev–Trinajstić information content (AvgIpc) is 2.48. The molecule has 0 radical (unpaired) electrons. The largest absolute Gasteiger partial charge is 0.481 e. The molecular weight excluding hydrogens is 308 g/mol. The van der Waals surface area contributed by atoms with Crippen LogP contribution >= 0.6 is 0 Å². The van der Waals surface area contributed by atoms with E-state index >= 15 is 0 Å². The summed E-state index contributed by atoms with van der Waals surface area (Å²) >= 11 is 0. The Bertz CT molecular complexity index is 604. The zero-order valence-electron chi connectivity index (χ0n) is 13.9. The van der Waals surface area contributed by atoms with Gasteiger partial charge in [0.05, 0.1) is 6.42 Å². The Hall–Kier alpha value is -2.37. The van der Waals surface area contributed by atoms with Gasteiger partial charge >= 0.3 is 5.97 Å². The minimum absolute atomic E-state index is 0.0435. The lowest BCUT2D eigenvalue weighted by Gasteiger charge is -2.35. The molecule has 1 aromatic carbocycles. The van der Waals surface area contributed by atoms with Gasteiger partial charge in [0.1, 0.15) is 0 Å². The summed E-state index contributed by atoms with van der Waals surface area (Å²) < 4.78 is 0. The molecule has 2 rings (SSSR count). The van der Waals surface area contributed by atoms with E-state index in [0.29, 0.717) is 11.4 Å². The number of anilines is 2. The number of benzene rings is 1. The van der Waals surface area contributed by atoms with E-state index in [-0.39, 0.29) is 24.7 Å². The van der Waals surface area contributed by atoms with Crippen molar-refractivity contribution in [3.8, 4) is 0 Å². The highest BCUT2D eigenvalue weighted by Gasteiger charge is 2.36. The molecule has 0 unspecified atom stereocenters. The van der Waals surface area contributed by atoms with E-state index < -0.39 is 11.4 Å². The van der Waals surface area contributed by atoms with Crippen molar-refractivity contribution in [3.63, 3.8) is 0 Å². The molecule has 130 valence electrons. The fourth-order valence-corrected chi connectivity index (χ4v) is 3.42. The van der Waals surface area contributed by atoms with E-state index in [1.54, 1.807) is 24.3 Å². The number of amides is 2. The zero-order chi connectivity index (χ0) is 17.6. The summed E-state index contributed by atoms with van der Waals surface area (Å²) in [5.41, 5.74) is 0.870. The van der Waals surface area contributed by atoms with Gasteiger partial charge in [0, 0.05) is 24.7 Å². The Morgan fingerprint density at radius 3 is 2.00 bits per heavy atom. The zero-order valence-corrected chi connectivity index (χ0v) is 13.9. The summed E-state index contributed by atoms with van der Waals surface area (Å²) in [7, 11) is 0. The molecule has 0 aromatic heterocycles. The molecule has 1 fully saturated rings. The molecule has 0 atom stereocenters. The van der Waals surface area contributed by atoms with Crippen LogP contribution in [0.5, 0.6) is 0 Å². The molecule has 0 saturated heterocycles. The van der Waals surface area contributed by atoms with Crippen LogP contribution in [-0.4, -0.2) is 22.9 Å². The number of carboxylic acid groups (broad SMARTS) is 1. The normalized spacial score (nSPS) is 16.2. The van der Waals surface area contributed by atoms with Gasteiger partial charge in [-0.25, -0.2) is 0 Å². The van der Waals surface area contributed by atoms with E-state index in [9.17, 15) is 14.4 Å². The minimum atomic E-state index is -0.843. The van der Waals surface area contributed by atoms with Gasteiger partial charge in [-0.15, -0.1) is 0 Å². The second-order valence-electron chi connectivity index (χ2n) is 6.61. The molecule has 6 heteroatoms. The maximum Gasteiger partial charge on any atom is 0.303 e. The SMILES string of the molecule is CC(=O)Nc1ccc(NC(=O)CC2(CC(=O)O)CCCCC2)cc1. The van der Waals surface area contributed by atoms with Crippen LogP contribution in [0.2, 0.25) is 0 Å². The van der Waals surface area contributed by atoms with Crippen molar-refractivity contribution in [2.45, 2.75) is 51.9 Å². The summed E-state index contributed by atoms with van der Waals surface area (Å²) in [6.07, 6.45) is 4.91. The molecular formula is C18H24N2O4. The molecule has 3 N–H and O–H groups in total. The first kappa shape index (κ1) is 18.0. The standard InChI is InChI=1S/C18H24N2O4/c1-13(21)19-14-5-7-15(8-6-14)20-16(22)11-18(12-17(23)24)9-3-2-4-10-18/h5-8H,2-4,9-12H2,1H3,(H,19,21)(H,20,22)(H,23,24). The van der Waals surface area contributed by atoms with Gasteiger partial charge in [-0.05, 0) is 42.5 Å². The molecule has 1 aromatic rings. The van der Waals surface area contributed by atoms with Crippen LogP contribution in [0.1, 0.15) is 51.9 Å². The Morgan fingerprint density at radius 1 is 0.958 bits per heavy atom. The van der Waals surface area contributed by atoms with Crippen LogP contribution in [0.25, 0.3) is 0 Å².